The zero-order valence-corrected chi connectivity index (χ0v) is 14.2. The van der Waals surface area contributed by atoms with Gasteiger partial charge in [0.05, 0.1) is 19.1 Å². The van der Waals surface area contributed by atoms with E-state index in [9.17, 15) is 20.0 Å². The first-order valence-electron chi connectivity index (χ1n) is 8.14. The number of hydrogen-bond donors (Lipinski definition) is 2. The van der Waals surface area contributed by atoms with Gasteiger partial charge in [0.1, 0.15) is 11.2 Å². The average molecular weight is 346 g/mol. The Morgan fingerprint density at radius 1 is 1.40 bits per heavy atom. The van der Waals surface area contributed by atoms with Crippen molar-refractivity contribution in [3.05, 3.63) is 29.8 Å². The highest BCUT2D eigenvalue weighted by Crippen LogP contribution is 2.30. The number of aliphatic carboxylic acids is 1. The molecule has 1 aliphatic heterocycles. The van der Waals surface area contributed by atoms with Crippen LogP contribution in [-0.4, -0.2) is 43.9 Å². The molecule has 1 heterocycles. The molecule has 1 atom stereocenters. The number of carbonyl (C=O) groups excluding carboxylic acids is 1. The third kappa shape index (κ3) is 4.48. The van der Waals surface area contributed by atoms with E-state index in [1.807, 2.05) is 12.1 Å². The standard InChI is InChI=1S/C18H22N2O5/c1-24-15-5-3-2-4-13(15)10-14(16(21)22)11-20-17(23)18(12-19)6-8-25-9-7-18/h2-5,14H,6-11H2,1H3,(H,20,23)(H,21,22). The van der Waals surface area contributed by atoms with Gasteiger partial charge in [-0.1, -0.05) is 18.2 Å². The topological polar surface area (TPSA) is 109 Å². The highest BCUT2D eigenvalue weighted by Gasteiger charge is 2.40. The fourth-order valence-electron chi connectivity index (χ4n) is 2.88. The Labute approximate surface area is 146 Å². The van der Waals surface area contributed by atoms with Gasteiger partial charge in [-0.2, -0.15) is 5.26 Å². The Morgan fingerprint density at radius 3 is 2.68 bits per heavy atom. The van der Waals surface area contributed by atoms with E-state index in [1.165, 1.54) is 7.11 Å². The van der Waals surface area contributed by atoms with Crippen LogP contribution in [0.5, 0.6) is 5.75 Å². The molecule has 0 saturated carbocycles. The van der Waals surface area contributed by atoms with Crippen molar-refractivity contribution in [3.8, 4) is 11.8 Å². The molecule has 2 N–H and O–H groups in total. The van der Waals surface area contributed by atoms with Gasteiger partial charge in [0, 0.05) is 19.8 Å². The van der Waals surface area contributed by atoms with E-state index in [0.29, 0.717) is 31.8 Å². The maximum atomic E-state index is 12.4. The van der Waals surface area contributed by atoms with Crippen LogP contribution in [0, 0.1) is 22.7 Å². The van der Waals surface area contributed by atoms with Gasteiger partial charge < -0.3 is 19.9 Å². The number of ether oxygens (including phenoxy) is 2. The SMILES string of the molecule is COc1ccccc1CC(CNC(=O)C1(C#N)CCOCC1)C(=O)O. The van der Waals surface area contributed by atoms with Gasteiger partial charge >= 0.3 is 5.97 Å². The van der Waals surface area contributed by atoms with Gasteiger partial charge in [-0.05, 0) is 30.9 Å². The Kier molecular flexibility index (Phi) is 6.37. The van der Waals surface area contributed by atoms with Crippen molar-refractivity contribution >= 4 is 11.9 Å². The van der Waals surface area contributed by atoms with Gasteiger partial charge in [0.15, 0.2) is 0 Å². The van der Waals surface area contributed by atoms with Crippen LogP contribution in [0.4, 0.5) is 0 Å². The smallest absolute Gasteiger partial charge is 0.308 e. The fraction of sp³-hybridized carbons (Fsp3) is 0.500. The molecule has 2 rings (SSSR count). The number of methoxy groups -OCH3 is 1. The van der Waals surface area contributed by atoms with Crippen molar-refractivity contribution in [2.45, 2.75) is 19.3 Å². The molecule has 7 heteroatoms. The second-order valence-corrected chi connectivity index (χ2v) is 6.07. The van der Waals surface area contributed by atoms with Crippen molar-refractivity contribution in [1.29, 1.82) is 5.26 Å². The quantitative estimate of drug-likeness (QED) is 0.772. The minimum Gasteiger partial charge on any atom is -0.496 e. The van der Waals surface area contributed by atoms with Crippen LogP contribution in [0.3, 0.4) is 0 Å². The number of nitrogens with one attached hydrogen (secondary N) is 1. The summed E-state index contributed by atoms with van der Waals surface area (Å²) in [5.41, 5.74) is -0.376. The average Bonchev–Trinajstić information content (AvgIpc) is 2.65. The number of carboxylic acids is 1. The van der Waals surface area contributed by atoms with E-state index in [2.05, 4.69) is 11.4 Å². The molecule has 1 fully saturated rings. The molecule has 1 aliphatic rings. The third-order valence-electron chi connectivity index (χ3n) is 4.51. The Bertz CT molecular complexity index is 662. The Hall–Kier alpha value is -2.59. The minimum absolute atomic E-state index is 0.0451. The van der Waals surface area contributed by atoms with Crippen molar-refractivity contribution in [2.75, 3.05) is 26.9 Å². The summed E-state index contributed by atoms with van der Waals surface area (Å²) in [7, 11) is 1.53. The molecule has 1 saturated heterocycles. The lowest BCUT2D eigenvalue weighted by Crippen LogP contribution is -2.46. The second-order valence-electron chi connectivity index (χ2n) is 6.07. The number of carboxylic acid groups (broad SMARTS) is 1. The number of amides is 1. The molecule has 0 aromatic heterocycles. The summed E-state index contributed by atoms with van der Waals surface area (Å²) in [6.45, 7) is 0.658. The van der Waals surface area contributed by atoms with Crippen LogP contribution >= 0.6 is 0 Å². The number of rotatable bonds is 7. The van der Waals surface area contributed by atoms with E-state index in [-0.39, 0.29) is 13.0 Å². The number of nitriles is 1. The molecule has 7 nitrogen and oxygen atoms in total. The number of hydrogen-bond acceptors (Lipinski definition) is 5. The Morgan fingerprint density at radius 2 is 2.08 bits per heavy atom. The van der Waals surface area contributed by atoms with E-state index in [0.717, 1.165) is 5.56 Å². The second kappa shape index (κ2) is 8.49. The molecule has 0 radical (unpaired) electrons. The predicted molar refractivity (Wildman–Crippen MR) is 88.9 cm³/mol. The van der Waals surface area contributed by atoms with Crippen molar-refractivity contribution in [3.63, 3.8) is 0 Å². The van der Waals surface area contributed by atoms with Crippen molar-refractivity contribution in [1.82, 2.24) is 5.32 Å². The lowest BCUT2D eigenvalue weighted by Gasteiger charge is -2.29. The van der Waals surface area contributed by atoms with E-state index >= 15 is 0 Å². The van der Waals surface area contributed by atoms with Crippen LogP contribution in [0.15, 0.2) is 24.3 Å². The lowest BCUT2D eigenvalue weighted by atomic mass is 9.80. The Balaban J connectivity index is 2.03. The summed E-state index contributed by atoms with van der Waals surface area (Å²) in [5, 5.41) is 21.5. The summed E-state index contributed by atoms with van der Waals surface area (Å²) in [4.78, 5) is 24.0. The molecule has 0 aliphatic carbocycles. The first kappa shape index (κ1) is 18.7. The molecule has 1 aromatic rings. The highest BCUT2D eigenvalue weighted by molar-refractivity contribution is 5.86. The summed E-state index contributed by atoms with van der Waals surface area (Å²) < 4.78 is 10.4. The molecule has 1 amide bonds. The fourth-order valence-corrected chi connectivity index (χ4v) is 2.88. The third-order valence-corrected chi connectivity index (χ3v) is 4.51. The monoisotopic (exact) mass is 346 g/mol. The molecule has 0 spiro atoms. The highest BCUT2D eigenvalue weighted by atomic mass is 16.5. The van der Waals surface area contributed by atoms with Crippen molar-refractivity contribution < 1.29 is 24.2 Å². The first-order valence-corrected chi connectivity index (χ1v) is 8.14. The van der Waals surface area contributed by atoms with Crippen LogP contribution in [-0.2, 0) is 20.7 Å². The normalized spacial score (nSPS) is 17.1. The number of carbonyl (C=O) groups is 2. The van der Waals surface area contributed by atoms with Gasteiger partial charge in [-0.3, -0.25) is 9.59 Å². The van der Waals surface area contributed by atoms with Crippen molar-refractivity contribution in [2.24, 2.45) is 11.3 Å². The molecular formula is C18H22N2O5. The lowest BCUT2D eigenvalue weighted by molar-refractivity contribution is -0.142. The maximum Gasteiger partial charge on any atom is 0.308 e. The van der Waals surface area contributed by atoms with Crippen LogP contribution in [0.2, 0.25) is 0 Å². The summed E-state index contributed by atoms with van der Waals surface area (Å²) in [6, 6.07) is 9.25. The summed E-state index contributed by atoms with van der Waals surface area (Å²) >= 11 is 0. The van der Waals surface area contributed by atoms with Crippen LogP contribution < -0.4 is 10.1 Å². The largest absolute Gasteiger partial charge is 0.496 e. The number of para-hydroxylation sites is 1. The zero-order valence-electron chi connectivity index (χ0n) is 14.2. The van der Waals surface area contributed by atoms with Gasteiger partial charge in [-0.25, -0.2) is 0 Å². The molecule has 134 valence electrons. The predicted octanol–water partition coefficient (Wildman–Crippen LogP) is 1.38. The maximum absolute atomic E-state index is 12.4. The van der Waals surface area contributed by atoms with E-state index in [4.69, 9.17) is 9.47 Å². The van der Waals surface area contributed by atoms with Crippen LogP contribution in [0.25, 0.3) is 0 Å². The minimum atomic E-state index is -1.13. The summed E-state index contributed by atoms with van der Waals surface area (Å²) in [6.07, 6.45) is 0.863. The first-order chi connectivity index (χ1) is 12.0. The van der Waals surface area contributed by atoms with Gasteiger partial charge in [0.2, 0.25) is 5.91 Å². The summed E-state index contributed by atoms with van der Waals surface area (Å²) in [5.74, 6) is -1.64. The zero-order chi connectivity index (χ0) is 18.3. The number of nitrogens with zero attached hydrogens (tertiary/aromatic N) is 1. The van der Waals surface area contributed by atoms with E-state index in [1.54, 1.807) is 12.1 Å². The molecule has 1 unspecified atom stereocenters. The molecule has 1 aromatic carbocycles. The molecule has 25 heavy (non-hydrogen) atoms. The van der Waals surface area contributed by atoms with Gasteiger partial charge in [-0.15, -0.1) is 0 Å². The molecule has 0 bridgehead atoms. The van der Waals surface area contributed by atoms with E-state index < -0.39 is 23.2 Å². The van der Waals surface area contributed by atoms with Crippen LogP contribution in [0.1, 0.15) is 18.4 Å². The number of benzene rings is 1. The van der Waals surface area contributed by atoms with Gasteiger partial charge in [0.25, 0.3) is 0 Å². The molecular weight excluding hydrogens is 324 g/mol.